The molecule has 1 unspecified atom stereocenters. The summed E-state index contributed by atoms with van der Waals surface area (Å²) in [4.78, 5) is 4.28. The molecule has 0 fully saturated rings. The first-order valence-corrected chi connectivity index (χ1v) is 6.86. The van der Waals surface area contributed by atoms with Crippen LogP contribution in [0.15, 0.2) is 42.6 Å². The third-order valence-corrected chi connectivity index (χ3v) is 3.21. The number of nitrogens with two attached hydrogens (primary N) is 1. The largest absolute Gasteiger partial charge is 0.439 e. The summed E-state index contributed by atoms with van der Waals surface area (Å²) in [7, 11) is 0. The SMILES string of the molecule is CC(N)c1ccc(Oc2cccc(C(C)(C)C)c2)nc1. The molecule has 2 rings (SSSR count). The minimum absolute atomic E-state index is 0.0132. The smallest absolute Gasteiger partial charge is 0.219 e. The summed E-state index contributed by atoms with van der Waals surface area (Å²) >= 11 is 0. The van der Waals surface area contributed by atoms with Gasteiger partial charge in [-0.1, -0.05) is 39.0 Å². The Balaban J connectivity index is 2.18. The Bertz CT molecular complexity index is 568. The number of aromatic nitrogens is 1. The summed E-state index contributed by atoms with van der Waals surface area (Å²) < 4.78 is 5.80. The van der Waals surface area contributed by atoms with Crippen molar-refractivity contribution in [2.45, 2.75) is 39.2 Å². The molecule has 0 radical (unpaired) electrons. The molecule has 1 aromatic heterocycles. The van der Waals surface area contributed by atoms with Crippen LogP contribution in [0.5, 0.6) is 11.6 Å². The number of pyridine rings is 1. The quantitative estimate of drug-likeness (QED) is 0.909. The molecule has 0 amide bonds. The number of hydrogen-bond donors (Lipinski definition) is 1. The molecule has 1 heterocycles. The van der Waals surface area contributed by atoms with E-state index in [0.29, 0.717) is 5.88 Å². The molecule has 0 spiro atoms. The molecule has 0 aliphatic rings. The number of nitrogens with zero attached hydrogens (tertiary/aromatic N) is 1. The van der Waals surface area contributed by atoms with Crippen molar-refractivity contribution in [2.75, 3.05) is 0 Å². The van der Waals surface area contributed by atoms with Gasteiger partial charge in [-0.15, -0.1) is 0 Å². The Labute approximate surface area is 120 Å². The summed E-state index contributed by atoms with van der Waals surface area (Å²) in [6, 6.07) is 11.9. The lowest BCUT2D eigenvalue weighted by Gasteiger charge is -2.19. The molecule has 20 heavy (non-hydrogen) atoms. The van der Waals surface area contributed by atoms with Crippen LogP contribution in [0.4, 0.5) is 0 Å². The van der Waals surface area contributed by atoms with Crippen molar-refractivity contribution in [2.24, 2.45) is 5.73 Å². The Kier molecular flexibility index (Phi) is 4.09. The summed E-state index contributed by atoms with van der Waals surface area (Å²) in [5, 5.41) is 0. The monoisotopic (exact) mass is 270 g/mol. The van der Waals surface area contributed by atoms with Crippen LogP contribution in [0.3, 0.4) is 0 Å². The second-order valence-electron chi connectivity index (χ2n) is 6.10. The normalized spacial score (nSPS) is 13.1. The van der Waals surface area contributed by atoms with Gasteiger partial charge < -0.3 is 10.5 Å². The maximum absolute atomic E-state index is 5.80. The van der Waals surface area contributed by atoms with E-state index in [-0.39, 0.29) is 11.5 Å². The Morgan fingerprint density at radius 1 is 1.15 bits per heavy atom. The Morgan fingerprint density at radius 3 is 2.45 bits per heavy atom. The highest BCUT2D eigenvalue weighted by Gasteiger charge is 2.14. The molecular weight excluding hydrogens is 248 g/mol. The van der Waals surface area contributed by atoms with Gasteiger partial charge in [-0.25, -0.2) is 4.98 Å². The molecule has 1 atom stereocenters. The number of rotatable bonds is 3. The highest BCUT2D eigenvalue weighted by atomic mass is 16.5. The third kappa shape index (κ3) is 3.58. The summed E-state index contributed by atoms with van der Waals surface area (Å²) in [6.45, 7) is 8.48. The van der Waals surface area contributed by atoms with Gasteiger partial charge in [0.25, 0.3) is 0 Å². The zero-order valence-electron chi connectivity index (χ0n) is 12.6. The first-order chi connectivity index (χ1) is 9.36. The van der Waals surface area contributed by atoms with Gasteiger partial charge in [0, 0.05) is 18.3 Å². The summed E-state index contributed by atoms with van der Waals surface area (Å²) in [5.74, 6) is 1.39. The molecule has 1 aromatic carbocycles. The lowest BCUT2D eigenvalue weighted by atomic mass is 9.87. The third-order valence-electron chi connectivity index (χ3n) is 3.21. The van der Waals surface area contributed by atoms with Crippen molar-refractivity contribution in [3.8, 4) is 11.6 Å². The van der Waals surface area contributed by atoms with Gasteiger partial charge >= 0.3 is 0 Å². The van der Waals surface area contributed by atoms with Crippen molar-refractivity contribution in [3.63, 3.8) is 0 Å². The fourth-order valence-electron chi connectivity index (χ4n) is 1.87. The van der Waals surface area contributed by atoms with Crippen LogP contribution in [0.2, 0.25) is 0 Å². The number of ether oxygens (including phenoxy) is 1. The zero-order chi connectivity index (χ0) is 14.8. The van der Waals surface area contributed by atoms with Crippen molar-refractivity contribution >= 4 is 0 Å². The van der Waals surface area contributed by atoms with E-state index in [0.717, 1.165) is 11.3 Å². The molecule has 0 aliphatic heterocycles. The van der Waals surface area contributed by atoms with Gasteiger partial charge in [0.1, 0.15) is 5.75 Å². The minimum atomic E-state index is -0.0132. The minimum Gasteiger partial charge on any atom is -0.439 e. The summed E-state index contributed by atoms with van der Waals surface area (Å²) in [5.41, 5.74) is 8.14. The molecule has 0 saturated heterocycles. The van der Waals surface area contributed by atoms with Crippen LogP contribution >= 0.6 is 0 Å². The van der Waals surface area contributed by atoms with Crippen LogP contribution in [-0.2, 0) is 5.41 Å². The molecular formula is C17H22N2O. The molecule has 3 nitrogen and oxygen atoms in total. The van der Waals surface area contributed by atoms with Crippen LogP contribution < -0.4 is 10.5 Å². The van der Waals surface area contributed by atoms with E-state index in [9.17, 15) is 0 Å². The van der Waals surface area contributed by atoms with Crippen LogP contribution in [0.1, 0.15) is 44.9 Å². The maximum atomic E-state index is 5.80. The standard InChI is InChI=1S/C17H22N2O/c1-12(18)13-8-9-16(19-11-13)20-15-7-5-6-14(10-15)17(2,3)4/h5-12H,18H2,1-4H3. The number of hydrogen-bond acceptors (Lipinski definition) is 3. The van der Waals surface area contributed by atoms with Crippen LogP contribution in [0, 0.1) is 0 Å². The second kappa shape index (κ2) is 5.63. The van der Waals surface area contributed by atoms with Gasteiger partial charge in [-0.2, -0.15) is 0 Å². The number of benzene rings is 1. The second-order valence-corrected chi connectivity index (χ2v) is 6.10. The van der Waals surface area contributed by atoms with E-state index >= 15 is 0 Å². The topological polar surface area (TPSA) is 48.1 Å². The average Bonchev–Trinajstić information content (AvgIpc) is 2.38. The van der Waals surface area contributed by atoms with E-state index in [2.05, 4.69) is 37.9 Å². The Morgan fingerprint density at radius 2 is 1.90 bits per heavy atom. The molecule has 2 aromatic rings. The molecule has 2 N–H and O–H groups in total. The molecule has 0 bridgehead atoms. The van der Waals surface area contributed by atoms with Crippen molar-refractivity contribution in [1.82, 2.24) is 4.98 Å². The van der Waals surface area contributed by atoms with E-state index in [1.54, 1.807) is 6.20 Å². The van der Waals surface area contributed by atoms with Crippen molar-refractivity contribution in [1.29, 1.82) is 0 Å². The molecule has 106 valence electrons. The van der Waals surface area contributed by atoms with Gasteiger partial charge in [-0.3, -0.25) is 0 Å². The predicted molar refractivity (Wildman–Crippen MR) is 82.1 cm³/mol. The zero-order valence-corrected chi connectivity index (χ0v) is 12.6. The van der Waals surface area contributed by atoms with Crippen LogP contribution in [0.25, 0.3) is 0 Å². The first kappa shape index (κ1) is 14.5. The Hall–Kier alpha value is -1.87. The fraction of sp³-hybridized carbons (Fsp3) is 0.353. The van der Waals surface area contributed by atoms with Crippen LogP contribution in [-0.4, -0.2) is 4.98 Å². The van der Waals surface area contributed by atoms with Crippen molar-refractivity contribution in [3.05, 3.63) is 53.7 Å². The summed E-state index contributed by atoms with van der Waals surface area (Å²) in [6.07, 6.45) is 1.76. The van der Waals surface area contributed by atoms with E-state index in [1.807, 2.05) is 31.2 Å². The van der Waals surface area contributed by atoms with Gasteiger partial charge in [0.05, 0.1) is 0 Å². The van der Waals surface area contributed by atoms with Crippen molar-refractivity contribution < 1.29 is 4.74 Å². The average molecular weight is 270 g/mol. The van der Waals surface area contributed by atoms with E-state index in [4.69, 9.17) is 10.5 Å². The van der Waals surface area contributed by atoms with Gasteiger partial charge in [0.2, 0.25) is 5.88 Å². The lowest BCUT2D eigenvalue weighted by molar-refractivity contribution is 0.459. The fourth-order valence-corrected chi connectivity index (χ4v) is 1.87. The van der Waals surface area contributed by atoms with Gasteiger partial charge in [0.15, 0.2) is 0 Å². The highest BCUT2D eigenvalue weighted by molar-refractivity contribution is 5.35. The molecule has 0 saturated carbocycles. The maximum Gasteiger partial charge on any atom is 0.219 e. The molecule has 3 heteroatoms. The van der Waals surface area contributed by atoms with Gasteiger partial charge in [-0.05, 0) is 35.6 Å². The predicted octanol–water partition coefficient (Wildman–Crippen LogP) is 4.19. The van der Waals surface area contributed by atoms with E-state index < -0.39 is 0 Å². The molecule has 0 aliphatic carbocycles. The first-order valence-electron chi connectivity index (χ1n) is 6.86. The van der Waals surface area contributed by atoms with E-state index in [1.165, 1.54) is 5.56 Å². The lowest BCUT2D eigenvalue weighted by Crippen LogP contribution is -2.10. The highest BCUT2D eigenvalue weighted by Crippen LogP contribution is 2.27.